The van der Waals surface area contributed by atoms with Gasteiger partial charge in [0.15, 0.2) is 5.96 Å². The molecule has 1 aliphatic heterocycles. The monoisotopic (exact) mass is 390 g/mol. The summed E-state index contributed by atoms with van der Waals surface area (Å²) in [4.78, 5) is 18.3. The first kappa shape index (κ1) is 21.9. The number of aryl methyl sites for hydroxylation is 1. The van der Waals surface area contributed by atoms with Crippen molar-refractivity contribution in [1.82, 2.24) is 15.5 Å². The zero-order valence-electron chi connectivity index (χ0n) is 17.5. The second kappa shape index (κ2) is 11.4. The van der Waals surface area contributed by atoms with Crippen LogP contribution in [0, 0.1) is 6.92 Å². The third-order valence-electron chi connectivity index (χ3n) is 4.54. The summed E-state index contributed by atoms with van der Waals surface area (Å²) in [5, 5.41) is 6.77. The number of hydrogen-bond donors (Lipinski definition) is 2. The third-order valence-corrected chi connectivity index (χ3v) is 4.54. The van der Waals surface area contributed by atoms with Crippen molar-refractivity contribution in [3.8, 4) is 5.75 Å². The van der Waals surface area contributed by atoms with E-state index in [0.29, 0.717) is 26.2 Å². The molecule has 1 aliphatic rings. The lowest BCUT2D eigenvalue weighted by Crippen LogP contribution is -2.50. The van der Waals surface area contributed by atoms with Gasteiger partial charge in [-0.25, -0.2) is 9.79 Å². The van der Waals surface area contributed by atoms with Crippen molar-refractivity contribution >= 4 is 12.1 Å². The van der Waals surface area contributed by atoms with E-state index in [-0.39, 0.29) is 18.2 Å². The van der Waals surface area contributed by atoms with Crippen LogP contribution in [0.3, 0.4) is 0 Å². The third kappa shape index (κ3) is 7.29. The minimum absolute atomic E-state index is 0.0251. The Labute approximate surface area is 168 Å². The molecule has 156 valence electrons. The fourth-order valence-electron chi connectivity index (χ4n) is 3.11. The van der Waals surface area contributed by atoms with Crippen LogP contribution in [0.2, 0.25) is 0 Å². The Morgan fingerprint density at radius 3 is 2.71 bits per heavy atom. The lowest BCUT2D eigenvalue weighted by molar-refractivity contribution is 0.0963. The predicted molar refractivity (Wildman–Crippen MR) is 112 cm³/mol. The van der Waals surface area contributed by atoms with E-state index in [0.717, 1.165) is 31.1 Å². The minimum Gasteiger partial charge on any atom is -0.489 e. The van der Waals surface area contributed by atoms with Gasteiger partial charge in [0, 0.05) is 25.7 Å². The molecule has 0 aromatic heterocycles. The number of carbonyl (C=O) groups is 1. The molecular weight excluding hydrogens is 356 g/mol. The van der Waals surface area contributed by atoms with Crippen molar-refractivity contribution in [1.29, 1.82) is 0 Å². The lowest BCUT2D eigenvalue weighted by Gasteiger charge is -2.32. The fraction of sp³-hybridized carbons (Fsp3) is 0.619. The molecule has 28 heavy (non-hydrogen) atoms. The summed E-state index contributed by atoms with van der Waals surface area (Å²) in [7, 11) is 0. The average molecular weight is 391 g/mol. The van der Waals surface area contributed by atoms with Crippen molar-refractivity contribution in [2.75, 3.05) is 32.8 Å². The van der Waals surface area contributed by atoms with E-state index in [1.54, 1.807) is 4.90 Å². The summed E-state index contributed by atoms with van der Waals surface area (Å²) >= 11 is 0. The number of likely N-dealkylation sites (tertiary alicyclic amines) is 1. The average Bonchev–Trinajstić information content (AvgIpc) is 2.67. The van der Waals surface area contributed by atoms with Gasteiger partial charge in [0.25, 0.3) is 0 Å². The van der Waals surface area contributed by atoms with E-state index in [9.17, 15) is 4.79 Å². The van der Waals surface area contributed by atoms with Crippen molar-refractivity contribution in [2.45, 2.75) is 52.7 Å². The Balaban J connectivity index is 1.82. The molecule has 0 radical (unpaired) electrons. The summed E-state index contributed by atoms with van der Waals surface area (Å²) in [6, 6.07) is 8.33. The number of nitrogens with zero attached hydrogens (tertiary/aromatic N) is 2. The van der Waals surface area contributed by atoms with Gasteiger partial charge in [-0.3, -0.25) is 0 Å². The second-order valence-corrected chi connectivity index (χ2v) is 7.07. The van der Waals surface area contributed by atoms with Crippen LogP contribution < -0.4 is 15.4 Å². The van der Waals surface area contributed by atoms with Gasteiger partial charge in [-0.15, -0.1) is 0 Å². The van der Waals surface area contributed by atoms with E-state index in [4.69, 9.17) is 9.47 Å². The van der Waals surface area contributed by atoms with Gasteiger partial charge in [-0.1, -0.05) is 12.1 Å². The van der Waals surface area contributed by atoms with Crippen LogP contribution in [-0.4, -0.2) is 61.9 Å². The molecule has 1 aromatic carbocycles. The van der Waals surface area contributed by atoms with Crippen molar-refractivity contribution in [3.63, 3.8) is 0 Å². The number of piperidine rings is 1. The number of rotatable bonds is 7. The van der Waals surface area contributed by atoms with Crippen LogP contribution in [0.25, 0.3) is 0 Å². The highest BCUT2D eigenvalue weighted by Gasteiger charge is 2.24. The molecule has 1 atom stereocenters. The first-order chi connectivity index (χ1) is 13.5. The van der Waals surface area contributed by atoms with E-state index < -0.39 is 0 Å². The molecule has 1 unspecified atom stereocenters. The van der Waals surface area contributed by atoms with Gasteiger partial charge in [-0.05, 0) is 58.2 Å². The zero-order chi connectivity index (χ0) is 20.4. The van der Waals surface area contributed by atoms with Gasteiger partial charge in [0.05, 0.1) is 13.2 Å². The van der Waals surface area contributed by atoms with Crippen LogP contribution >= 0.6 is 0 Å². The summed E-state index contributed by atoms with van der Waals surface area (Å²) in [5.74, 6) is 1.66. The van der Waals surface area contributed by atoms with Crippen molar-refractivity contribution in [2.24, 2.45) is 4.99 Å². The molecule has 0 spiro atoms. The van der Waals surface area contributed by atoms with E-state index in [1.807, 2.05) is 39.0 Å². The number of benzene rings is 1. The highest BCUT2D eigenvalue weighted by molar-refractivity contribution is 5.80. The number of carbonyl (C=O) groups excluding carboxylic acids is 1. The first-order valence-electron chi connectivity index (χ1n) is 10.2. The Morgan fingerprint density at radius 2 is 2.07 bits per heavy atom. The maximum absolute atomic E-state index is 11.8. The molecule has 0 bridgehead atoms. The smallest absolute Gasteiger partial charge is 0.409 e. The number of amides is 1. The standard InChI is InChI=1S/C21H34N4O3/c1-5-22-20(23-15-17(4)28-19-9-7-8-16(3)14-19)24-18-10-12-25(13-11-18)21(26)27-6-2/h7-9,14,17-18H,5-6,10-13,15H2,1-4H3,(H2,22,23,24). The fourth-order valence-corrected chi connectivity index (χ4v) is 3.11. The number of guanidine groups is 1. The SMILES string of the molecule is CCNC(=NCC(C)Oc1cccc(C)c1)NC1CCN(C(=O)OCC)CC1. The van der Waals surface area contributed by atoms with E-state index in [1.165, 1.54) is 5.56 Å². The summed E-state index contributed by atoms with van der Waals surface area (Å²) in [6.45, 7) is 11.1. The molecule has 7 nitrogen and oxygen atoms in total. The Kier molecular flexibility index (Phi) is 8.91. The molecule has 1 aromatic rings. The largest absolute Gasteiger partial charge is 0.489 e. The number of nitrogens with one attached hydrogen (secondary N) is 2. The van der Waals surface area contributed by atoms with Crippen LogP contribution in [0.5, 0.6) is 5.75 Å². The molecule has 1 amide bonds. The highest BCUT2D eigenvalue weighted by atomic mass is 16.6. The van der Waals surface area contributed by atoms with Gasteiger partial charge >= 0.3 is 6.09 Å². The van der Waals surface area contributed by atoms with Crippen LogP contribution in [-0.2, 0) is 4.74 Å². The van der Waals surface area contributed by atoms with Gasteiger partial charge in [0.1, 0.15) is 11.9 Å². The molecule has 0 aliphatic carbocycles. The highest BCUT2D eigenvalue weighted by Crippen LogP contribution is 2.14. The van der Waals surface area contributed by atoms with Crippen molar-refractivity contribution in [3.05, 3.63) is 29.8 Å². The summed E-state index contributed by atoms with van der Waals surface area (Å²) < 4.78 is 11.0. The first-order valence-corrected chi connectivity index (χ1v) is 10.2. The number of aliphatic imine (C=N–C) groups is 1. The van der Waals surface area contributed by atoms with E-state index in [2.05, 4.69) is 28.6 Å². The van der Waals surface area contributed by atoms with Crippen molar-refractivity contribution < 1.29 is 14.3 Å². The van der Waals surface area contributed by atoms with E-state index >= 15 is 0 Å². The molecule has 1 heterocycles. The summed E-state index contributed by atoms with van der Waals surface area (Å²) in [6.07, 6.45) is 1.50. The molecule has 7 heteroatoms. The molecule has 0 saturated carbocycles. The normalized spacial score (nSPS) is 16.4. The topological polar surface area (TPSA) is 75.2 Å². The predicted octanol–water partition coefficient (Wildman–Crippen LogP) is 2.94. The zero-order valence-corrected chi connectivity index (χ0v) is 17.5. The van der Waals surface area contributed by atoms with Gasteiger partial charge < -0.3 is 25.0 Å². The Morgan fingerprint density at radius 1 is 1.32 bits per heavy atom. The van der Waals surface area contributed by atoms with Gasteiger partial charge in [-0.2, -0.15) is 0 Å². The Bertz CT molecular complexity index is 642. The molecule has 2 N–H and O–H groups in total. The summed E-state index contributed by atoms with van der Waals surface area (Å²) in [5.41, 5.74) is 1.18. The Hall–Kier alpha value is -2.44. The number of hydrogen-bond acceptors (Lipinski definition) is 4. The quantitative estimate of drug-likeness (QED) is 0.553. The number of ether oxygens (including phenoxy) is 2. The molecule has 1 fully saturated rings. The molecule has 1 saturated heterocycles. The second-order valence-electron chi connectivity index (χ2n) is 7.07. The van der Waals surface area contributed by atoms with Crippen LogP contribution in [0.1, 0.15) is 39.2 Å². The van der Waals surface area contributed by atoms with Gasteiger partial charge in [0.2, 0.25) is 0 Å². The maximum atomic E-state index is 11.8. The minimum atomic E-state index is -0.219. The lowest BCUT2D eigenvalue weighted by atomic mass is 10.1. The maximum Gasteiger partial charge on any atom is 0.409 e. The van der Waals surface area contributed by atoms with Crippen LogP contribution in [0.4, 0.5) is 4.79 Å². The molecule has 2 rings (SSSR count). The molecular formula is C21H34N4O3. The van der Waals surface area contributed by atoms with Crippen LogP contribution in [0.15, 0.2) is 29.3 Å².